The zero-order chi connectivity index (χ0) is 21.1. The van der Waals surface area contributed by atoms with Gasteiger partial charge in [-0.3, -0.25) is 15.0 Å². The normalized spacial score (nSPS) is 16.7. The van der Waals surface area contributed by atoms with Crippen LogP contribution in [0, 0.1) is 5.92 Å². The number of benzene rings is 1. The molecular formula is C20H25N7O3. The van der Waals surface area contributed by atoms with Gasteiger partial charge in [-0.2, -0.15) is 4.98 Å². The van der Waals surface area contributed by atoms with Crippen LogP contribution in [0.1, 0.15) is 45.5 Å². The lowest BCUT2D eigenvalue weighted by molar-refractivity contribution is 0.0941. The van der Waals surface area contributed by atoms with E-state index in [1.54, 1.807) is 12.1 Å². The van der Waals surface area contributed by atoms with Gasteiger partial charge in [-0.25, -0.2) is 10.8 Å². The molecule has 1 unspecified atom stereocenters. The highest BCUT2D eigenvalue weighted by Crippen LogP contribution is 2.31. The molecule has 10 heteroatoms. The van der Waals surface area contributed by atoms with Crippen molar-refractivity contribution in [3.05, 3.63) is 41.1 Å². The van der Waals surface area contributed by atoms with Crippen LogP contribution in [0.3, 0.4) is 0 Å². The summed E-state index contributed by atoms with van der Waals surface area (Å²) in [6, 6.07) is 5.25. The first-order valence-electron chi connectivity index (χ1n) is 10.0. The first-order valence-corrected chi connectivity index (χ1v) is 10.0. The first kappa shape index (κ1) is 20.0. The van der Waals surface area contributed by atoms with Crippen LogP contribution in [0.25, 0.3) is 0 Å². The van der Waals surface area contributed by atoms with E-state index < -0.39 is 5.91 Å². The van der Waals surface area contributed by atoms with Gasteiger partial charge >= 0.3 is 0 Å². The highest BCUT2D eigenvalue weighted by molar-refractivity contribution is 5.98. The molecule has 1 aromatic carbocycles. The fourth-order valence-corrected chi connectivity index (χ4v) is 3.76. The van der Waals surface area contributed by atoms with E-state index in [1.807, 2.05) is 6.07 Å². The third-order valence-electron chi connectivity index (χ3n) is 5.69. The number of carbonyl (C=O) groups excluding carboxylic acids is 2. The molecule has 1 aliphatic carbocycles. The Hall–Kier alpha value is -3.24. The van der Waals surface area contributed by atoms with Crippen molar-refractivity contribution in [1.82, 2.24) is 20.7 Å². The molecule has 2 amide bonds. The van der Waals surface area contributed by atoms with E-state index in [-0.39, 0.29) is 30.1 Å². The second-order valence-electron chi connectivity index (χ2n) is 7.56. The van der Waals surface area contributed by atoms with Crippen LogP contribution in [0.2, 0.25) is 0 Å². The molecule has 2 heterocycles. The van der Waals surface area contributed by atoms with Gasteiger partial charge in [0.2, 0.25) is 5.95 Å². The van der Waals surface area contributed by atoms with Gasteiger partial charge in [-0.15, -0.1) is 0 Å². The number of nitrogen functional groups attached to an aromatic ring is 1. The Balaban J connectivity index is 1.59. The van der Waals surface area contributed by atoms with E-state index in [0.717, 1.165) is 36.9 Å². The van der Waals surface area contributed by atoms with Gasteiger partial charge in [0.05, 0.1) is 12.6 Å². The molecule has 1 fully saturated rings. The van der Waals surface area contributed by atoms with Gasteiger partial charge < -0.3 is 21.1 Å². The topological polar surface area (TPSA) is 154 Å². The van der Waals surface area contributed by atoms with E-state index in [1.165, 1.54) is 6.20 Å². The fraction of sp³-hybridized carbons (Fsp3) is 0.400. The number of hydrazine groups is 1. The lowest BCUT2D eigenvalue weighted by Gasteiger charge is -2.33. The Bertz CT molecular complexity index is 961. The molecule has 2 aromatic rings. The van der Waals surface area contributed by atoms with E-state index in [4.69, 9.17) is 5.84 Å². The summed E-state index contributed by atoms with van der Waals surface area (Å²) >= 11 is 0. The summed E-state index contributed by atoms with van der Waals surface area (Å²) in [4.78, 5) is 32.7. The summed E-state index contributed by atoms with van der Waals surface area (Å²) in [6.45, 7) is 0.542. The van der Waals surface area contributed by atoms with E-state index in [0.29, 0.717) is 23.8 Å². The van der Waals surface area contributed by atoms with Gasteiger partial charge in [0.25, 0.3) is 11.8 Å². The third kappa shape index (κ3) is 4.05. The summed E-state index contributed by atoms with van der Waals surface area (Å²) < 4.78 is 0. The number of carbonyl (C=O) groups is 2. The number of nitrogens with two attached hydrogens (primary N) is 1. The lowest BCUT2D eigenvalue weighted by atomic mass is 9.80. The molecule has 1 atom stereocenters. The van der Waals surface area contributed by atoms with Crippen molar-refractivity contribution < 1.29 is 14.7 Å². The number of fused-ring (bicyclic) bond motifs is 1. The van der Waals surface area contributed by atoms with Crippen molar-refractivity contribution >= 4 is 29.3 Å². The monoisotopic (exact) mass is 411 g/mol. The van der Waals surface area contributed by atoms with Crippen LogP contribution in [0.5, 0.6) is 0 Å². The van der Waals surface area contributed by atoms with E-state index >= 15 is 0 Å². The highest BCUT2D eigenvalue weighted by Gasteiger charge is 2.28. The Morgan fingerprint density at radius 3 is 2.90 bits per heavy atom. The summed E-state index contributed by atoms with van der Waals surface area (Å²) in [7, 11) is 0. The Morgan fingerprint density at radius 1 is 1.37 bits per heavy atom. The van der Waals surface area contributed by atoms with Crippen LogP contribution >= 0.6 is 0 Å². The molecule has 10 nitrogen and oxygen atoms in total. The van der Waals surface area contributed by atoms with Crippen molar-refractivity contribution in [1.29, 1.82) is 0 Å². The maximum absolute atomic E-state index is 12.1. The van der Waals surface area contributed by atoms with Crippen molar-refractivity contribution in [2.45, 2.75) is 31.7 Å². The van der Waals surface area contributed by atoms with Gasteiger partial charge in [-0.1, -0.05) is 6.42 Å². The van der Waals surface area contributed by atoms with Crippen LogP contribution in [-0.4, -0.2) is 46.1 Å². The molecule has 0 saturated heterocycles. The minimum absolute atomic E-state index is 0.0615. The minimum atomic E-state index is -0.519. The number of nitrogens with zero attached hydrogens (tertiary/aromatic N) is 2. The molecule has 2 aliphatic rings. The molecule has 1 aromatic heterocycles. The molecule has 4 rings (SSSR count). The van der Waals surface area contributed by atoms with Crippen molar-refractivity contribution in [2.75, 3.05) is 23.8 Å². The molecular weight excluding hydrogens is 386 g/mol. The average molecular weight is 411 g/mol. The molecule has 1 aliphatic heterocycles. The van der Waals surface area contributed by atoms with Crippen LogP contribution in [0.15, 0.2) is 24.4 Å². The molecule has 0 bridgehead atoms. The molecule has 30 heavy (non-hydrogen) atoms. The predicted octanol–water partition coefficient (Wildman–Crippen LogP) is 0.682. The molecule has 1 saturated carbocycles. The van der Waals surface area contributed by atoms with Crippen LogP contribution in [-0.2, 0) is 6.42 Å². The van der Waals surface area contributed by atoms with E-state index in [9.17, 15) is 14.7 Å². The van der Waals surface area contributed by atoms with Gasteiger partial charge in [0, 0.05) is 24.0 Å². The molecule has 158 valence electrons. The van der Waals surface area contributed by atoms with Gasteiger partial charge in [0.1, 0.15) is 11.4 Å². The molecule has 0 spiro atoms. The van der Waals surface area contributed by atoms with E-state index in [2.05, 4.69) is 31.3 Å². The number of aliphatic hydroxyl groups is 1. The summed E-state index contributed by atoms with van der Waals surface area (Å²) in [5, 5.41) is 18.9. The van der Waals surface area contributed by atoms with Crippen LogP contribution in [0.4, 0.5) is 17.5 Å². The first-order chi connectivity index (χ1) is 14.6. The largest absolute Gasteiger partial charge is 0.394 e. The zero-order valence-electron chi connectivity index (χ0n) is 16.4. The Kier molecular flexibility index (Phi) is 5.77. The SMILES string of the molecule is NNC(=O)c1cnc(Nc2ccc3c(c2)CCNC3=O)nc1NC(CO)C1CCC1. The van der Waals surface area contributed by atoms with Crippen molar-refractivity contribution in [3.63, 3.8) is 0 Å². The van der Waals surface area contributed by atoms with Crippen molar-refractivity contribution in [2.24, 2.45) is 11.8 Å². The fourth-order valence-electron chi connectivity index (χ4n) is 3.76. The number of amides is 2. The third-order valence-corrected chi connectivity index (χ3v) is 5.69. The highest BCUT2D eigenvalue weighted by atomic mass is 16.3. The van der Waals surface area contributed by atoms with Crippen LogP contribution < -0.4 is 27.2 Å². The number of anilines is 3. The second kappa shape index (κ2) is 8.64. The summed E-state index contributed by atoms with van der Waals surface area (Å²) in [5.41, 5.74) is 4.65. The zero-order valence-corrected chi connectivity index (χ0v) is 16.4. The minimum Gasteiger partial charge on any atom is -0.394 e. The number of hydrogen-bond donors (Lipinski definition) is 6. The quantitative estimate of drug-likeness (QED) is 0.221. The number of aromatic nitrogens is 2. The number of hydrogen-bond acceptors (Lipinski definition) is 8. The second-order valence-corrected chi connectivity index (χ2v) is 7.56. The number of aliphatic hydroxyl groups excluding tert-OH is 1. The summed E-state index contributed by atoms with van der Waals surface area (Å²) in [5.74, 6) is 5.62. The number of rotatable bonds is 7. The maximum atomic E-state index is 12.1. The van der Waals surface area contributed by atoms with Gasteiger partial charge in [-0.05, 0) is 48.9 Å². The Labute approximate surface area is 173 Å². The standard InChI is InChI=1S/C20H25N7O3/c21-27-19(30)15-9-23-20(26-17(15)25-16(10-28)11-2-1-3-11)24-13-4-5-14-12(8-13)6-7-22-18(14)29/h4-5,8-9,11,16,28H,1-3,6-7,10,21H2,(H,22,29)(H,27,30)(H2,23,24,25,26). The summed E-state index contributed by atoms with van der Waals surface area (Å²) in [6.07, 6.45) is 5.32. The maximum Gasteiger partial charge on any atom is 0.270 e. The predicted molar refractivity (Wildman–Crippen MR) is 111 cm³/mol. The van der Waals surface area contributed by atoms with Crippen molar-refractivity contribution in [3.8, 4) is 0 Å². The molecule has 7 N–H and O–H groups in total. The Morgan fingerprint density at radius 2 is 2.20 bits per heavy atom. The molecule has 0 radical (unpaired) electrons. The van der Waals surface area contributed by atoms with Gasteiger partial charge in [0.15, 0.2) is 0 Å². The number of nitrogens with one attached hydrogen (secondary N) is 4. The smallest absolute Gasteiger partial charge is 0.270 e. The lowest BCUT2D eigenvalue weighted by Crippen LogP contribution is -2.38. The average Bonchev–Trinajstić information content (AvgIpc) is 2.71.